The Morgan fingerprint density at radius 3 is 1.59 bits per heavy atom. The molecule has 8 bridgehead atoms. The topological polar surface area (TPSA) is 32.3 Å². The molecule has 0 amide bonds. The summed E-state index contributed by atoms with van der Waals surface area (Å²) >= 11 is 0. The van der Waals surface area contributed by atoms with Crippen LogP contribution in [0.25, 0.3) is 11.3 Å². The van der Waals surface area contributed by atoms with E-state index in [1.54, 1.807) is 0 Å². The molecule has 5 heterocycles. The average molecular weight is 427 g/mol. The van der Waals surface area contributed by atoms with Gasteiger partial charge in [-0.1, -0.05) is 30.3 Å². The summed E-state index contributed by atoms with van der Waals surface area (Å²) in [6, 6.07) is 15.9. The van der Waals surface area contributed by atoms with Gasteiger partial charge >= 0.3 is 0 Å². The summed E-state index contributed by atoms with van der Waals surface area (Å²) < 4.78 is 0. The molecule has 0 unspecified atom stereocenters. The van der Waals surface area contributed by atoms with Crippen molar-refractivity contribution in [2.24, 2.45) is 23.7 Å². The predicted molar refractivity (Wildman–Crippen MR) is 128 cm³/mol. The zero-order valence-electron chi connectivity index (χ0n) is 18.9. The van der Waals surface area contributed by atoms with Crippen LogP contribution >= 0.6 is 0 Å². The van der Waals surface area contributed by atoms with Crippen molar-refractivity contribution in [1.29, 1.82) is 0 Å². The summed E-state index contributed by atoms with van der Waals surface area (Å²) in [7, 11) is 0. The van der Waals surface area contributed by atoms with Crippen molar-refractivity contribution in [3.63, 3.8) is 0 Å². The fourth-order valence-corrected chi connectivity index (χ4v) is 9.19. The highest BCUT2D eigenvalue weighted by Crippen LogP contribution is 2.52. The quantitative estimate of drug-likeness (QED) is 0.632. The molecule has 0 spiro atoms. The maximum absolute atomic E-state index is 5.39. The number of benzene rings is 1. The van der Waals surface area contributed by atoms with Crippen LogP contribution in [0.15, 0.2) is 36.4 Å². The molecule has 32 heavy (non-hydrogen) atoms. The lowest BCUT2D eigenvalue weighted by Crippen LogP contribution is -2.59. The van der Waals surface area contributed by atoms with E-state index in [0.717, 1.165) is 35.3 Å². The van der Waals surface area contributed by atoms with Gasteiger partial charge in [-0.2, -0.15) is 4.98 Å². The number of hydrogen-bond acceptors (Lipinski definition) is 4. The van der Waals surface area contributed by atoms with Crippen molar-refractivity contribution in [3.8, 4) is 11.3 Å². The molecule has 8 fully saturated rings. The van der Waals surface area contributed by atoms with Crippen molar-refractivity contribution < 1.29 is 0 Å². The van der Waals surface area contributed by atoms with E-state index in [9.17, 15) is 0 Å². The van der Waals surface area contributed by atoms with Crippen molar-refractivity contribution in [1.82, 2.24) is 9.97 Å². The number of nitrogens with zero attached hydrogens (tertiary/aromatic N) is 4. The van der Waals surface area contributed by atoms with Gasteiger partial charge < -0.3 is 9.80 Å². The molecule has 0 radical (unpaired) electrons. The molecule has 0 atom stereocenters. The standard InChI is InChI=1S/C28H34N4/c1-2-4-21(5-3-1)26-16-27(31-22-8-17-6-18(10-22)11-23(31)9-17)30-28(29-26)32-24-12-19-7-20(14-24)15-25(32)13-19/h1-5,16-20,22-25H,6-15H2. The van der Waals surface area contributed by atoms with Crippen LogP contribution in [-0.4, -0.2) is 34.1 Å². The van der Waals surface area contributed by atoms with Crippen LogP contribution in [0.1, 0.15) is 64.2 Å². The Morgan fingerprint density at radius 2 is 1.06 bits per heavy atom. The fourth-order valence-electron chi connectivity index (χ4n) is 9.19. The highest BCUT2D eigenvalue weighted by atomic mass is 15.3. The minimum atomic E-state index is 0.665. The van der Waals surface area contributed by atoms with Crippen molar-refractivity contribution in [3.05, 3.63) is 36.4 Å². The first-order chi connectivity index (χ1) is 15.8. The highest BCUT2D eigenvalue weighted by Gasteiger charge is 2.49. The second kappa shape index (κ2) is 6.71. The maximum atomic E-state index is 5.39. The summed E-state index contributed by atoms with van der Waals surface area (Å²) in [4.78, 5) is 16.1. The minimum absolute atomic E-state index is 0.665. The maximum Gasteiger partial charge on any atom is 0.228 e. The molecule has 1 aromatic heterocycles. The molecule has 8 aliphatic rings. The number of rotatable bonds is 3. The number of hydrogen-bond donors (Lipinski definition) is 0. The Balaban J connectivity index is 1.23. The van der Waals surface area contributed by atoms with Crippen LogP contribution in [0.2, 0.25) is 0 Å². The van der Waals surface area contributed by atoms with Gasteiger partial charge in [-0.15, -0.1) is 0 Å². The minimum Gasteiger partial charge on any atom is -0.350 e. The highest BCUT2D eigenvalue weighted by molar-refractivity contribution is 5.66. The van der Waals surface area contributed by atoms with Gasteiger partial charge in [0.2, 0.25) is 5.95 Å². The van der Waals surface area contributed by atoms with Gasteiger partial charge in [0, 0.05) is 35.8 Å². The molecule has 166 valence electrons. The normalized spacial score (nSPS) is 41.0. The van der Waals surface area contributed by atoms with E-state index in [1.807, 2.05) is 0 Å². The van der Waals surface area contributed by atoms with Crippen LogP contribution in [0.3, 0.4) is 0 Å². The molecule has 10 rings (SSSR count). The van der Waals surface area contributed by atoms with Crippen molar-refractivity contribution in [2.75, 3.05) is 9.80 Å². The molecule has 2 aromatic rings. The second-order valence-electron chi connectivity index (χ2n) is 12.0. The third-order valence-corrected chi connectivity index (χ3v) is 10.0. The number of aromatic nitrogens is 2. The smallest absolute Gasteiger partial charge is 0.228 e. The lowest BCUT2D eigenvalue weighted by atomic mass is 9.63. The Morgan fingerprint density at radius 1 is 0.562 bits per heavy atom. The fraction of sp³-hybridized carbons (Fsp3) is 0.643. The first-order valence-corrected chi connectivity index (χ1v) is 13.3. The molecule has 4 saturated heterocycles. The SMILES string of the molecule is c1ccc(-c2cc(N3C4CC5CC(C4)CC3C5)nc(N3C4CC5CC(C4)CC3C5)n2)cc1. The Kier molecular flexibility index (Phi) is 3.85. The molecule has 1 aromatic carbocycles. The first kappa shape index (κ1) is 18.3. The van der Waals surface area contributed by atoms with E-state index in [0.29, 0.717) is 24.2 Å². The summed E-state index contributed by atoms with van der Waals surface area (Å²) in [5.41, 5.74) is 2.35. The summed E-state index contributed by atoms with van der Waals surface area (Å²) in [6.07, 6.45) is 13.9. The first-order valence-electron chi connectivity index (χ1n) is 13.3. The average Bonchev–Trinajstić information content (AvgIpc) is 2.78. The van der Waals surface area contributed by atoms with E-state index in [1.165, 1.54) is 75.6 Å². The van der Waals surface area contributed by atoms with E-state index in [4.69, 9.17) is 9.97 Å². The zero-order chi connectivity index (χ0) is 20.8. The van der Waals surface area contributed by atoms with Gasteiger partial charge in [0.05, 0.1) is 5.69 Å². The number of piperidine rings is 4. The van der Waals surface area contributed by atoms with Crippen LogP contribution in [0.5, 0.6) is 0 Å². The second-order valence-corrected chi connectivity index (χ2v) is 12.0. The molecular formula is C28H34N4. The lowest BCUT2D eigenvalue weighted by Gasteiger charge is -2.58. The predicted octanol–water partition coefficient (Wildman–Crippen LogP) is 5.68. The molecule has 0 N–H and O–H groups in total. The van der Waals surface area contributed by atoms with E-state index in [-0.39, 0.29) is 0 Å². The Labute approximate surface area is 191 Å². The third-order valence-electron chi connectivity index (χ3n) is 10.0. The summed E-state index contributed by atoms with van der Waals surface area (Å²) in [5.74, 6) is 6.10. The molecule has 4 aliphatic heterocycles. The van der Waals surface area contributed by atoms with Crippen LogP contribution in [-0.2, 0) is 0 Å². The summed E-state index contributed by atoms with van der Waals surface area (Å²) in [6.45, 7) is 0. The van der Waals surface area contributed by atoms with E-state index < -0.39 is 0 Å². The van der Waals surface area contributed by atoms with Crippen LogP contribution < -0.4 is 9.80 Å². The monoisotopic (exact) mass is 426 g/mol. The molecule has 4 heteroatoms. The lowest BCUT2D eigenvalue weighted by molar-refractivity contribution is 0.0869. The van der Waals surface area contributed by atoms with Gasteiger partial charge in [-0.05, 0) is 87.9 Å². The van der Waals surface area contributed by atoms with Gasteiger partial charge in [0.25, 0.3) is 0 Å². The summed E-state index contributed by atoms with van der Waals surface area (Å²) in [5, 5.41) is 0. The van der Waals surface area contributed by atoms with E-state index in [2.05, 4.69) is 46.2 Å². The van der Waals surface area contributed by atoms with Gasteiger partial charge in [-0.3, -0.25) is 0 Å². The largest absolute Gasteiger partial charge is 0.350 e. The van der Waals surface area contributed by atoms with Gasteiger partial charge in [-0.25, -0.2) is 4.98 Å². The van der Waals surface area contributed by atoms with Crippen molar-refractivity contribution >= 4 is 11.8 Å². The number of anilines is 2. The Bertz CT molecular complexity index is 917. The van der Waals surface area contributed by atoms with Crippen molar-refractivity contribution in [2.45, 2.75) is 88.4 Å². The van der Waals surface area contributed by atoms with Crippen LogP contribution in [0.4, 0.5) is 11.8 Å². The van der Waals surface area contributed by atoms with E-state index >= 15 is 0 Å². The Hall–Kier alpha value is -2.10. The van der Waals surface area contributed by atoms with Crippen LogP contribution in [0, 0.1) is 23.7 Å². The zero-order valence-corrected chi connectivity index (χ0v) is 18.9. The third kappa shape index (κ3) is 2.74. The molecule has 4 nitrogen and oxygen atoms in total. The molecule has 4 aliphatic carbocycles. The van der Waals surface area contributed by atoms with Gasteiger partial charge in [0.15, 0.2) is 0 Å². The molecule has 4 saturated carbocycles. The molecular weight excluding hydrogens is 392 g/mol. The van der Waals surface area contributed by atoms with Gasteiger partial charge in [0.1, 0.15) is 5.82 Å².